The molecule has 2 nitrogen and oxygen atoms in total. The third-order valence-electron chi connectivity index (χ3n) is 2.75. The first-order valence-electron chi connectivity index (χ1n) is 5.10. The summed E-state index contributed by atoms with van der Waals surface area (Å²) in [5.41, 5.74) is 2.88. The van der Waals surface area contributed by atoms with Crippen molar-refractivity contribution in [2.45, 2.75) is 40.5 Å². The van der Waals surface area contributed by atoms with Gasteiger partial charge in [0.15, 0.2) is 11.4 Å². The molecule has 0 aliphatic carbocycles. The van der Waals surface area contributed by atoms with Crippen LogP contribution in [0.25, 0.3) is 0 Å². The van der Waals surface area contributed by atoms with Crippen molar-refractivity contribution in [1.29, 1.82) is 0 Å². The molecule has 0 heterocycles. The molecule has 76 valence electrons. The van der Waals surface area contributed by atoms with E-state index < -0.39 is 0 Å². The van der Waals surface area contributed by atoms with Crippen LogP contribution in [0.4, 0.5) is 0 Å². The smallest absolute Gasteiger partial charge is 0.183 e. The summed E-state index contributed by atoms with van der Waals surface area (Å²) in [5, 5.41) is 0. The zero-order valence-electron chi connectivity index (χ0n) is 10.0. The molecule has 0 radical (unpaired) electrons. The zero-order valence-corrected chi connectivity index (χ0v) is 10.0. The Bertz CT molecular complexity index is 200. The molecule has 0 aliphatic heterocycles. The maximum Gasteiger partial charge on any atom is 0.333 e. The molecule has 0 saturated carbocycles. The van der Waals surface area contributed by atoms with E-state index in [0.29, 0.717) is 0 Å². The Balaban J connectivity index is 4.46. The molecule has 0 amide bonds. The van der Waals surface area contributed by atoms with Crippen LogP contribution in [0.15, 0.2) is 0 Å². The summed E-state index contributed by atoms with van der Waals surface area (Å²) in [4.78, 5) is 0. The second-order valence-electron chi connectivity index (χ2n) is 3.71. The minimum absolute atomic E-state index is 0.999. The molecule has 0 fully saturated rings. The number of rotatable bonds is 4. The van der Waals surface area contributed by atoms with Gasteiger partial charge in [-0.05, 0) is 0 Å². The van der Waals surface area contributed by atoms with Gasteiger partial charge < -0.3 is 0 Å². The van der Waals surface area contributed by atoms with Crippen molar-refractivity contribution in [1.82, 2.24) is 0 Å². The van der Waals surface area contributed by atoms with Crippen LogP contribution in [0.5, 0.6) is 0 Å². The molecule has 13 heavy (non-hydrogen) atoms. The van der Waals surface area contributed by atoms with Gasteiger partial charge in [-0.2, -0.15) is 9.15 Å². The highest BCUT2D eigenvalue weighted by Gasteiger charge is 2.09. The number of nitrogens with zero attached hydrogens (tertiary/aromatic N) is 2. The van der Waals surface area contributed by atoms with E-state index in [9.17, 15) is 0 Å². The highest BCUT2D eigenvalue weighted by molar-refractivity contribution is 5.77. The van der Waals surface area contributed by atoms with Crippen LogP contribution in [-0.2, 0) is 0 Å². The molecule has 2 heteroatoms. The quantitative estimate of drug-likeness (QED) is 0.358. The van der Waals surface area contributed by atoms with Gasteiger partial charge in [0, 0.05) is 26.7 Å². The minimum Gasteiger partial charge on any atom is -0.183 e. The van der Waals surface area contributed by atoms with E-state index in [0.717, 1.165) is 19.5 Å². The molecule has 0 N–H and O–H groups in total. The van der Waals surface area contributed by atoms with Crippen molar-refractivity contribution in [3.05, 3.63) is 0 Å². The highest BCUT2D eigenvalue weighted by atomic mass is 15.2. The Morgan fingerprint density at radius 3 is 1.38 bits per heavy atom. The Labute approximate surface area is 82.6 Å². The van der Waals surface area contributed by atoms with Gasteiger partial charge in [-0.25, -0.2) is 0 Å². The summed E-state index contributed by atoms with van der Waals surface area (Å²) >= 11 is 0. The molecule has 0 aromatic heterocycles. The maximum atomic E-state index is 2.30. The van der Waals surface area contributed by atoms with Crippen LogP contribution < -0.4 is 0 Å². The van der Waals surface area contributed by atoms with Crippen molar-refractivity contribution in [2.75, 3.05) is 20.8 Å². The monoisotopic (exact) mass is 184 g/mol. The van der Waals surface area contributed by atoms with E-state index in [1.54, 1.807) is 0 Å². The van der Waals surface area contributed by atoms with Crippen molar-refractivity contribution < 1.29 is 9.15 Å². The third-order valence-corrected chi connectivity index (χ3v) is 2.75. The van der Waals surface area contributed by atoms with Crippen molar-refractivity contribution in [2.24, 2.45) is 0 Å². The van der Waals surface area contributed by atoms with E-state index in [1.165, 1.54) is 11.4 Å². The van der Waals surface area contributed by atoms with Crippen molar-refractivity contribution in [3.63, 3.8) is 0 Å². The van der Waals surface area contributed by atoms with Gasteiger partial charge in [0.1, 0.15) is 14.1 Å². The molecule has 0 spiro atoms. The second-order valence-corrected chi connectivity index (χ2v) is 3.71. The van der Waals surface area contributed by atoms with Crippen LogP contribution >= 0.6 is 0 Å². The largest absolute Gasteiger partial charge is 0.333 e. The first-order valence-corrected chi connectivity index (χ1v) is 5.10. The summed E-state index contributed by atoms with van der Waals surface area (Å²) in [5.74, 6) is 0. The first-order chi connectivity index (χ1) is 6.02. The average Bonchev–Trinajstić information content (AvgIpc) is 2.14. The standard InChI is InChI=1S/C11H24N2/c1-7-10(3)12(5)9-13(6)11(4)8-2/h7-9H2,1-6H3/q+2/b12-10-,13-11-. The van der Waals surface area contributed by atoms with Crippen LogP contribution in [0.1, 0.15) is 40.5 Å². The third kappa shape index (κ3) is 4.20. The second kappa shape index (κ2) is 5.90. The zero-order chi connectivity index (χ0) is 10.4. The molecule has 0 aromatic carbocycles. The van der Waals surface area contributed by atoms with E-state index in [1.807, 2.05) is 0 Å². The van der Waals surface area contributed by atoms with Crippen LogP contribution in [0.3, 0.4) is 0 Å². The molecule has 0 rings (SSSR count). The normalized spacial score (nSPS) is 15.2. The van der Waals surface area contributed by atoms with E-state index >= 15 is 0 Å². The van der Waals surface area contributed by atoms with E-state index in [-0.39, 0.29) is 0 Å². The topological polar surface area (TPSA) is 6.02 Å². The lowest BCUT2D eigenvalue weighted by Crippen LogP contribution is -2.26. The molecular formula is C11H24N2+2. The van der Waals surface area contributed by atoms with Gasteiger partial charge >= 0.3 is 6.67 Å². The van der Waals surface area contributed by atoms with Gasteiger partial charge in [0.25, 0.3) is 0 Å². The predicted octanol–water partition coefficient (Wildman–Crippen LogP) is 1.97. The van der Waals surface area contributed by atoms with Gasteiger partial charge in [-0.1, -0.05) is 13.8 Å². The molecule has 0 aliphatic rings. The van der Waals surface area contributed by atoms with Gasteiger partial charge in [0.05, 0.1) is 0 Å². The number of hydrogen-bond acceptors (Lipinski definition) is 0. The van der Waals surface area contributed by atoms with Gasteiger partial charge in [-0.15, -0.1) is 0 Å². The van der Waals surface area contributed by atoms with E-state index in [4.69, 9.17) is 0 Å². The summed E-state index contributed by atoms with van der Waals surface area (Å²) in [6.45, 7) is 9.77. The van der Waals surface area contributed by atoms with Crippen molar-refractivity contribution >= 4 is 11.4 Å². The fourth-order valence-corrected chi connectivity index (χ4v) is 1.10. The molecular weight excluding hydrogens is 160 g/mol. The van der Waals surface area contributed by atoms with Crippen LogP contribution in [0, 0.1) is 0 Å². The SMILES string of the molecule is CC/C(C)=[N+](/C)C/[N+](C)=C(/C)CC. The molecule has 0 unspecified atom stereocenters. The Kier molecular flexibility index (Phi) is 5.60. The van der Waals surface area contributed by atoms with Gasteiger partial charge in [-0.3, -0.25) is 0 Å². The summed E-state index contributed by atoms with van der Waals surface area (Å²) in [6.07, 6.45) is 2.27. The van der Waals surface area contributed by atoms with Crippen LogP contribution in [0.2, 0.25) is 0 Å². The van der Waals surface area contributed by atoms with Gasteiger partial charge in [0.2, 0.25) is 0 Å². The Morgan fingerprint density at radius 2 is 1.15 bits per heavy atom. The molecule has 0 bridgehead atoms. The highest BCUT2D eigenvalue weighted by Crippen LogP contribution is 1.87. The van der Waals surface area contributed by atoms with Crippen molar-refractivity contribution in [3.8, 4) is 0 Å². The van der Waals surface area contributed by atoms with E-state index in [2.05, 4.69) is 50.9 Å². The molecule has 0 aromatic rings. The van der Waals surface area contributed by atoms with Crippen LogP contribution in [-0.4, -0.2) is 41.3 Å². The predicted molar refractivity (Wildman–Crippen MR) is 59.2 cm³/mol. The number of hydrogen-bond donors (Lipinski definition) is 0. The minimum atomic E-state index is 0.999. The average molecular weight is 184 g/mol. The lowest BCUT2D eigenvalue weighted by Gasteiger charge is -2.00. The fourth-order valence-electron chi connectivity index (χ4n) is 1.10. The molecule has 0 saturated heterocycles. The Morgan fingerprint density at radius 1 is 0.846 bits per heavy atom. The Hall–Kier alpha value is -0.660. The summed E-state index contributed by atoms with van der Waals surface area (Å²) in [6, 6.07) is 0. The maximum absolute atomic E-state index is 2.30. The summed E-state index contributed by atoms with van der Waals surface area (Å²) < 4.78 is 4.61. The fraction of sp³-hybridized carbons (Fsp3) is 0.818. The summed E-state index contributed by atoms with van der Waals surface area (Å²) in [7, 11) is 4.30. The lowest BCUT2D eigenvalue weighted by atomic mass is 10.3. The first kappa shape index (κ1) is 12.3. The lowest BCUT2D eigenvalue weighted by molar-refractivity contribution is -0.705. The molecule has 0 atom stereocenters.